The van der Waals surface area contributed by atoms with Crippen LogP contribution in [0.4, 0.5) is 0 Å². The van der Waals surface area contributed by atoms with E-state index < -0.39 is 0 Å². The molecule has 118 valence electrons. The zero-order valence-corrected chi connectivity index (χ0v) is 13.6. The van der Waals surface area contributed by atoms with E-state index in [-0.39, 0.29) is 0 Å². The van der Waals surface area contributed by atoms with Gasteiger partial charge in [0.05, 0.1) is 6.61 Å². The quantitative estimate of drug-likeness (QED) is 0.634. The first-order chi connectivity index (χ1) is 10.3. The van der Waals surface area contributed by atoms with Gasteiger partial charge in [-0.15, -0.1) is 0 Å². The lowest BCUT2D eigenvalue weighted by atomic mass is 10.1. The molecule has 0 atom stereocenters. The van der Waals surface area contributed by atoms with Gasteiger partial charge in [-0.2, -0.15) is 0 Å². The summed E-state index contributed by atoms with van der Waals surface area (Å²) in [6.07, 6.45) is 3.87. The van der Waals surface area contributed by atoms with Crippen molar-refractivity contribution in [2.45, 2.75) is 45.7 Å². The van der Waals surface area contributed by atoms with Gasteiger partial charge < -0.3 is 10.1 Å². The smallest absolute Gasteiger partial charge is 0.0593 e. The maximum absolute atomic E-state index is 5.44. The zero-order chi connectivity index (χ0) is 14.9. The number of ether oxygens (including phenoxy) is 1. The van der Waals surface area contributed by atoms with Crippen LogP contribution in [-0.4, -0.2) is 43.8 Å². The predicted octanol–water partition coefficient (Wildman–Crippen LogP) is 2.84. The van der Waals surface area contributed by atoms with Crippen LogP contribution in [0.15, 0.2) is 24.3 Å². The molecule has 2 rings (SSSR count). The predicted molar refractivity (Wildman–Crippen MR) is 88.6 cm³/mol. The van der Waals surface area contributed by atoms with Gasteiger partial charge in [0.15, 0.2) is 0 Å². The number of nitrogens with zero attached hydrogens (tertiary/aromatic N) is 1. The number of rotatable bonds is 11. The number of nitrogens with one attached hydrogen (secondary N) is 1. The van der Waals surface area contributed by atoms with E-state index in [0.717, 1.165) is 51.9 Å². The van der Waals surface area contributed by atoms with E-state index in [1.807, 2.05) is 6.92 Å². The maximum atomic E-state index is 5.44. The maximum Gasteiger partial charge on any atom is 0.0593 e. The lowest BCUT2D eigenvalue weighted by Gasteiger charge is -2.20. The molecule has 0 amide bonds. The third kappa shape index (κ3) is 6.60. The van der Waals surface area contributed by atoms with Crippen molar-refractivity contribution in [2.75, 3.05) is 32.8 Å². The molecule has 1 aliphatic carbocycles. The standard InChI is InChI=1S/C18H30N2O/c1-3-20(13-14-21-4-2)15-17-7-5-16(6-8-17)11-12-19-18-9-10-18/h5-8,18-19H,3-4,9-15H2,1-2H3. The Morgan fingerprint density at radius 2 is 1.86 bits per heavy atom. The molecule has 1 N–H and O–H groups in total. The van der Waals surface area contributed by atoms with Crippen molar-refractivity contribution in [3.05, 3.63) is 35.4 Å². The zero-order valence-electron chi connectivity index (χ0n) is 13.6. The highest BCUT2D eigenvalue weighted by Crippen LogP contribution is 2.18. The Kier molecular flexibility index (Phi) is 7.20. The van der Waals surface area contributed by atoms with Crippen LogP contribution >= 0.6 is 0 Å². The summed E-state index contributed by atoms with van der Waals surface area (Å²) >= 11 is 0. The van der Waals surface area contributed by atoms with Gasteiger partial charge in [0.2, 0.25) is 0 Å². The fourth-order valence-corrected chi connectivity index (χ4v) is 2.46. The van der Waals surface area contributed by atoms with Crippen LogP contribution in [0.2, 0.25) is 0 Å². The highest BCUT2D eigenvalue weighted by molar-refractivity contribution is 5.22. The van der Waals surface area contributed by atoms with Crippen LogP contribution < -0.4 is 5.32 Å². The molecule has 21 heavy (non-hydrogen) atoms. The van der Waals surface area contributed by atoms with Crippen LogP contribution in [0.5, 0.6) is 0 Å². The molecule has 1 saturated carbocycles. The summed E-state index contributed by atoms with van der Waals surface area (Å²) in [4.78, 5) is 2.43. The van der Waals surface area contributed by atoms with Crippen molar-refractivity contribution in [2.24, 2.45) is 0 Å². The summed E-state index contributed by atoms with van der Waals surface area (Å²) in [5.41, 5.74) is 2.83. The van der Waals surface area contributed by atoms with Crippen LogP contribution in [-0.2, 0) is 17.7 Å². The highest BCUT2D eigenvalue weighted by Gasteiger charge is 2.19. The summed E-state index contributed by atoms with van der Waals surface area (Å²) < 4.78 is 5.44. The molecule has 3 heteroatoms. The van der Waals surface area contributed by atoms with E-state index in [1.165, 1.54) is 24.0 Å². The molecule has 0 spiro atoms. The molecule has 0 heterocycles. The Hall–Kier alpha value is -0.900. The third-order valence-corrected chi connectivity index (χ3v) is 4.06. The minimum absolute atomic E-state index is 0.807. The molecule has 0 saturated heterocycles. The molecular weight excluding hydrogens is 260 g/mol. The van der Waals surface area contributed by atoms with Gasteiger partial charge in [-0.25, -0.2) is 0 Å². The lowest BCUT2D eigenvalue weighted by molar-refractivity contribution is 0.113. The lowest BCUT2D eigenvalue weighted by Crippen LogP contribution is -2.27. The van der Waals surface area contributed by atoms with Gasteiger partial charge in [0.1, 0.15) is 0 Å². The van der Waals surface area contributed by atoms with Crippen LogP contribution in [0.1, 0.15) is 37.8 Å². The molecule has 1 aromatic carbocycles. The first kappa shape index (κ1) is 16.5. The molecular formula is C18H30N2O. The fraction of sp³-hybridized carbons (Fsp3) is 0.667. The monoisotopic (exact) mass is 290 g/mol. The van der Waals surface area contributed by atoms with E-state index in [4.69, 9.17) is 4.74 Å². The number of likely N-dealkylation sites (N-methyl/N-ethyl adjacent to an activating group) is 1. The van der Waals surface area contributed by atoms with E-state index in [2.05, 4.69) is 41.4 Å². The first-order valence-electron chi connectivity index (χ1n) is 8.43. The van der Waals surface area contributed by atoms with Crippen molar-refractivity contribution < 1.29 is 4.74 Å². The molecule has 0 aliphatic heterocycles. The van der Waals surface area contributed by atoms with Gasteiger partial charge >= 0.3 is 0 Å². The average molecular weight is 290 g/mol. The molecule has 3 nitrogen and oxygen atoms in total. The second-order valence-electron chi connectivity index (χ2n) is 5.86. The fourth-order valence-electron chi connectivity index (χ4n) is 2.46. The SMILES string of the molecule is CCOCCN(CC)Cc1ccc(CCNC2CC2)cc1. The molecule has 1 fully saturated rings. The Labute approximate surface area is 129 Å². The summed E-state index contributed by atoms with van der Waals surface area (Å²) in [7, 11) is 0. The Morgan fingerprint density at radius 1 is 1.14 bits per heavy atom. The van der Waals surface area contributed by atoms with E-state index >= 15 is 0 Å². The van der Waals surface area contributed by atoms with Crippen molar-refractivity contribution in [1.82, 2.24) is 10.2 Å². The van der Waals surface area contributed by atoms with Gasteiger partial charge in [-0.05, 0) is 50.4 Å². The van der Waals surface area contributed by atoms with Gasteiger partial charge in [0, 0.05) is 25.7 Å². The van der Waals surface area contributed by atoms with Crippen molar-refractivity contribution in [1.29, 1.82) is 0 Å². The number of benzene rings is 1. The molecule has 0 bridgehead atoms. The number of hydrogen-bond donors (Lipinski definition) is 1. The minimum atomic E-state index is 0.807. The summed E-state index contributed by atoms with van der Waals surface area (Å²) in [5, 5.41) is 3.57. The highest BCUT2D eigenvalue weighted by atomic mass is 16.5. The average Bonchev–Trinajstić information content (AvgIpc) is 3.32. The summed E-state index contributed by atoms with van der Waals surface area (Å²) in [6.45, 7) is 10.1. The Morgan fingerprint density at radius 3 is 2.48 bits per heavy atom. The molecule has 1 aromatic rings. The molecule has 0 aromatic heterocycles. The summed E-state index contributed by atoms with van der Waals surface area (Å²) in [6, 6.07) is 9.92. The van der Waals surface area contributed by atoms with Gasteiger partial charge in [0.25, 0.3) is 0 Å². The Balaban J connectivity index is 1.71. The molecule has 1 aliphatic rings. The molecule has 0 unspecified atom stereocenters. The van der Waals surface area contributed by atoms with Crippen LogP contribution in [0.3, 0.4) is 0 Å². The summed E-state index contributed by atoms with van der Waals surface area (Å²) in [5.74, 6) is 0. The largest absolute Gasteiger partial charge is 0.380 e. The second-order valence-corrected chi connectivity index (χ2v) is 5.86. The topological polar surface area (TPSA) is 24.5 Å². The van der Waals surface area contributed by atoms with E-state index in [1.54, 1.807) is 0 Å². The van der Waals surface area contributed by atoms with Crippen LogP contribution in [0, 0.1) is 0 Å². The number of hydrogen-bond acceptors (Lipinski definition) is 3. The van der Waals surface area contributed by atoms with Crippen molar-refractivity contribution in [3.8, 4) is 0 Å². The first-order valence-corrected chi connectivity index (χ1v) is 8.43. The van der Waals surface area contributed by atoms with Gasteiger partial charge in [-0.3, -0.25) is 4.90 Å². The Bertz CT molecular complexity index is 387. The van der Waals surface area contributed by atoms with Gasteiger partial charge in [-0.1, -0.05) is 31.2 Å². The third-order valence-electron chi connectivity index (χ3n) is 4.06. The van der Waals surface area contributed by atoms with E-state index in [0.29, 0.717) is 0 Å². The van der Waals surface area contributed by atoms with Crippen LogP contribution in [0.25, 0.3) is 0 Å². The van der Waals surface area contributed by atoms with Crippen molar-refractivity contribution in [3.63, 3.8) is 0 Å². The van der Waals surface area contributed by atoms with Crippen molar-refractivity contribution >= 4 is 0 Å². The molecule has 0 radical (unpaired) electrons. The minimum Gasteiger partial charge on any atom is -0.380 e. The second kappa shape index (κ2) is 9.19. The normalized spacial score (nSPS) is 14.8. The van der Waals surface area contributed by atoms with E-state index in [9.17, 15) is 0 Å².